The van der Waals surface area contributed by atoms with E-state index in [1.807, 2.05) is 6.08 Å². The lowest BCUT2D eigenvalue weighted by atomic mass is 9.78. The molecule has 0 heterocycles. The molecule has 2 saturated carbocycles. The Kier molecular flexibility index (Phi) is 8.96. The molecule has 3 rings (SSSR count). The number of nitriles is 1. The standard InChI is InChI=1S/C26H30F3NO2/c27-22(17-30)5-3-1-2-4-18-6-13-23(14-7-18)32-26(31)20-10-8-19(9-11-20)21-12-15-24(28)25(29)16-21/h1,3,5,12,15-16,18-20,23H,2,4,6-11,13-14H2. The number of esters is 1. The Morgan fingerprint density at radius 1 is 1.06 bits per heavy atom. The van der Waals surface area contributed by atoms with Gasteiger partial charge in [0.2, 0.25) is 0 Å². The van der Waals surface area contributed by atoms with Gasteiger partial charge < -0.3 is 4.74 Å². The molecule has 3 nitrogen and oxygen atoms in total. The van der Waals surface area contributed by atoms with Crippen LogP contribution in [0.4, 0.5) is 13.2 Å². The number of rotatable bonds is 7. The van der Waals surface area contributed by atoms with E-state index in [-0.39, 0.29) is 23.9 Å². The van der Waals surface area contributed by atoms with Crippen molar-refractivity contribution in [3.63, 3.8) is 0 Å². The lowest BCUT2D eigenvalue weighted by Gasteiger charge is -2.31. The van der Waals surface area contributed by atoms with Crippen LogP contribution < -0.4 is 0 Å². The van der Waals surface area contributed by atoms with Gasteiger partial charge >= 0.3 is 5.97 Å². The second kappa shape index (κ2) is 11.9. The third-order valence-corrected chi connectivity index (χ3v) is 6.78. The van der Waals surface area contributed by atoms with Gasteiger partial charge in [0, 0.05) is 0 Å². The first-order chi connectivity index (χ1) is 15.5. The van der Waals surface area contributed by atoms with Crippen LogP contribution >= 0.6 is 0 Å². The molecule has 0 aliphatic heterocycles. The summed E-state index contributed by atoms with van der Waals surface area (Å²) >= 11 is 0. The monoisotopic (exact) mass is 445 g/mol. The topological polar surface area (TPSA) is 50.1 Å². The molecular weight excluding hydrogens is 415 g/mol. The van der Waals surface area contributed by atoms with E-state index in [1.165, 1.54) is 24.3 Å². The third-order valence-electron chi connectivity index (χ3n) is 6.78. The summed E-state index contributed by atoms with van der Waals surface area (Å²) in [6.45, 7) is 0. The zero-order chi connectivity index (χ0) is 22.9. The molecule has 2 aliphatic carbocycles. The number of hydrogen-bond acceptors (Lipinski definition) is 3. The maximum atomic E-state index is 13.5. The van der Waals surface area contributed by atoms with Gasteiger partial charge in [-0.1, -0.05) is 18.2 Å². The number of hydrogen-bond donors (Lipinski definition) is 0. The normalized spacial score (nSPS) is 26.6. The second-order valence-corrected chi connectivity index (χ2v) is 8.93. The van der Waals surface area contributed by atoms with Crippen LogP contribution in [0.3, 0.4) is 0 Å². The van der Waals surface area contributed by atoms with Gasteiger partial charge in [-0.15, -0.1) is 0 Å². The predicted molar refractivity (Wildman–Crippen MR) is 116 cm³/mol. The predicted octanol–water partition coefficient (Wildman–Crippen LogP) is 7.05. The summed E-state index contributed by atoms with van der Waals surface area (Å²) in [5.74, 6) is -1.94. The van der Waals surface area contributed by atoms with Gasteiger partial charge in [0.05, 0.1) is 5.92 Å². The van der Waals surface area contributed by atoms with E-state index >= 15 is 0 Å². The second-order valence-electron chi connectivity index (χ2n) is 8.93. The fourth-order valence-electron chi connectivity index (χ4n) is 4.85. The van der Waals surface area contributed by atoms with Crippen molar-refractivity contribution >= 4 is 5.97 Å². The first-order valence-corrected chi connectivity index (χ1v) is 11.5. The van der Waals surface area contributed by atoms with Gasteiger partial charge in [-0.05, 0) is 99.8 Å². The molecule has 0 N–H and O–H groups in total. The smallest absolute Gasteiger partial charge is 0.309 e. The minimum atomic E-state index is -0.833. The number of allylic oxidation sites excluding steroid dienone is 4. The average molecular weight is 446 g/mol. The van der Waals surface area contributed by atoms with E-state index in [2.05, 4.69) is 0 Å². The van der Waals surface area contributed by atoms with Crippen molar-refractivity contribution in [2.45, 2.75) is 76.2 Å². The van der Waals surface area contributed by atoms with Crippen LogP contribution in [-0.4, -0.2) is 12.1 Å². The molecule has 0 radical (unpaired) electrons. The van der Waals surface area contributed by atoms with Gasteiger partial charge in [-0.25, -0.2) is 8.78 Å². The van der Waals surface area contributed by atoms with Crippen LogP contribution in [0.2, 0.25) is 0 Å². The Bertz CT molecular complexity index is 874. The van der Waals surface area contributed by atoms with Gasteiger partial charge in [0.25, 0.3) is 0 Å². The summed E-state index contributed by atoms with van der Waals surface area (Å²) in [5.41, 5.74) is 0.801. The molecule has 0 spiro atoms. The number of nitrogens with zero attached hydrogens (tertiary/aromatic N) is 1. The molecular formula is C26H30F3NO2. The molecule has 0 saturated heterocycles. The van der Waals surface area contributed by atoms with Crippen LogP contribution in [0.15, 0.2) is 42.3 Å². The van der Waals surface area contributed by atoms with Crippen molar-refractivity contribution in [2.75, 3.05) is 0 Å². The molecule has 0 atom stereocenters. The highest BCUT2D eigenvalue weighted by Crippen LogP contribution is 2.37. The van der Waals surface area contributed by atoms with Crippen molar-refractivity contribution in [3.05, 3.63) is 59.5 Å². The average Bonchev–Trinajstić information content (AvgIpc) is 2.81. The number of ether oxygens (including phenoxy) is 1. The maximum Gasteiger partial charge on any atom is 0.309 e. The highest BCUT2D eigenvalue weighted by Gasteiger charge is 2.31. The molecule has 0 bridgehead atoms. The molecule has 2 fully saturated rings. The van der Waals surface area contributed by atoms with Crippen LogP contribution in [0, 0.1) is 34.8 Å². The minimum absolute atomic E-state index is 0.0223. The van der Waals surface area contributed by atoms with Crippen molar-refractivity contribution in [3.8, 4) is 6.07 Å². The zero-order valence-electron chi connectivity index (χ0n) is 18.2. The molecule has 172 valence electrons. The summed E-state index contributed by atoms with van der Waals surface area (Å²) in [4.78, 5) is 12.6. The van der Waals surface area contributed by atoms with Crippen molar-refractivity contribution in [1.82, 2.24) is 0 Å². The van der Waals surface area contributed by atoms with Gasteiger partial charge in [0.1, 0.15) is 12.2 Å². The number of carbonyl (C=O) groups is 1. The highest BCUT2D eigenvalue weighted by molar-refractivity contribution is 5.72. The fraction of sp³-hybridized carbons (Fsp3) is 0.538. The Morgan fingerprint density at radius 2 is 1.78 bits per heavy atom. The summed E-state index contributed by atoms with van der Waals surface area (Å²) in [6, 6.07) is 5.52. The maximum absolute atomic E-state index is 13.5. The van der Waals surface area contributed by atoms with Crippen molar-refractivity contribution < 1.29 is 22.7 Å². The summed E-state index contributed by atoms with van der Waals surface area (Å²) < 4.78 is 45.1. The largest absolute Gasteiger partial charge is 0.462 e. The molecule has 0 amide bonds. The molecule has 2 aliphatic rings. The molecule has 0 unspecified atom stereocenters. The van der Waals surface area contributed by atoms with Gasteiger partial charge in [-0.2, -0.15) is 9.65 Å². The SMILES string of the molecule is N#CC(F)=CC=CCCC1CCC(OC(=O)C2CCC(c3ccc(F)c(F)c3)CC2)CC1. The Hall–Kier alpha value is -2.55. The van der Waals surface area contributed by atoms with Crippen LogP contribution in [0.1, 0.15) is 75.7 Å². The Balaban J connectivity index is 1.35. The zero-order valence-corrected chi connectivity index (χ0v) is 18.2. The minimum Gasteiger partial charge on any atom is -0.462 e. The fourth-order valence-corrected chi connectivity index (χ4v) is 4.85. The van der Waals surface area contributed by atoms with Crippen LogP contribution in [0.25, 0.3) is 0 Å². The van der Waals surface area contributed by atoms with Gasteiger partial charge in [0.15, 0.2) is 17.5 Å². The summed E-state index contributed by atoms with van der Waals surface area (Å²) in [6.07, 6.45) is 13.2. The first kappa shape index (κ1) is 24.1. The quantitative estimate of drug-likeness (QED) is 0.257. The molecule has 0 aromatic heterocycles. The Labute approximate surface area is 188 Å². The Morgan fingerprint density at radius 3 is 2.44 bits per heavy atom. The van der Waals surface area contributed by atoms with Crippen molar-refractivity contribution in [1.29, 1.82) is 5.26 Å². The molecule has 1 aromatic rings. The van der Waals surface area contributed by atoms with Crippen LogP contribution in [0.5, 0.6) is 0 Å². The molecule has 6 heteroatoms. The van der Waals surface area contributed by atoms with E-state index in [0.29, 0.717) is 18.8 Å². The van der Waals surface area contributed by atoms with E-state index in [1.54, 1.807) is 12.1 Å². The highest BCUT2D eigenvalue weighted by atomic mass is 19.2. The lowest BCUT2D eigenvalue weighted by molar-refractivity contribution is -0.157. The molecule has 32 heavy (non-hydrogen) atoms. The molecule has 1 aromatic carbocycles. The van der Waals surface area contributed by atoms with Gasteiger partial charge in [-0.3, -0.25) is 4.79 Å². The number of carbonyl (C=O) groups excluding carboxylic acids is 1. The summed E-state index contributed by atoms with van der Waals surface area (Å²) in [5, 5.41) is 8.35. The first-order valence-electron chi connectivity index (χ1n) is 11.5. The summed E-state index contributed by atoms with van der Waals surface area (Å²) in [7, 11) is 0. The third kappa shape index (κ3) is 6.98. The van der Waals surface area contributed by atoms with E-state index in [0.717, 1.165) is 56.9 Å². The van der Waals surface area contributed by atoms with Crippen molar-refractivity contribution in [2.24, 2.45) is 11.8 Å². The van der Waals surface area contributed by atoms with E-state index in [9.17, 15) is 18.0 Å². The van der Waals surface area contributed by atoms with E-state index in [4.69, 9.17) is 10.00 Å². The lowest BCUT2D eigenvalue weighted by Crippen LogP contribution is -2.29. The number of benzene rings is 1. The van der Waals surface area contributed by atoms with Crippen LogP contribution in [-0.2, 0) is 9.53 Å². The van der Waals surface area contributed by atoms with E-state index < -0.39 is 17.5 Å². The number of halogens is 3.